The number of rotatable bonds is 7. The summed E-state index contributed by atoms with van der Waals surface area (Å²) in [5.74, 6) is 0.612. The molecule has 6 heteroatoms. The Balaban J connectivity index is 2.47. The van der Waals surface area contributed by atoms with Crippen LogP contribution in [0.15, 0.2) is 0 Å². The third-order valence-corrected chi connectivity index (χ3v) is 2.59. The molecule has 1 aromatic rings. The molecule has 0 aliphatic heterocycles. The van der Waals surface area contributed by atoms with Crippen molar-refractivity contribution in [3.63, 3.8) is 0 Å². The molecule has 1 N–H and O–H groups in total. The minimum atomic E-state index is -0.781. The average molecular weight is 226 g/mol. The maximum atomic E-state index is 10.4. The van der Waals surface area contributed by atoms with Crippen molar-refractivity contribution in [2.24, 2.45) is 5.92 Å². The fraction of sp³-hybridized carbons (Fsp3) is 0.800. The van der Waals surface area contributed by atoms with Gasteiger partial charge in [0, 0.05) is 19.4 Å². The van der Waals surface area contributed by atoms with E-state index in [0.717, 1.165) is 18.7 Å². The van der Waals surface area contributed by atoms with Crippen LogP contribution in [0.1, 0.15) is 38.9 Å². The first-order valence-corrected chi connectivity index (χ1v) is 5.60. The van der Waals surface area contributed by atoms with Crippen LogP contribution >= 0.6 is 0 Å². The molecule has 0 aliphatic carbocycles. The van der Waals surface area contributed by atoms with E-state index in [9.17, 15) is 4.79 Å². The summed E-state index contributed by atoms with van der Waals surface area (Å²) < 4.78 is 1.70. The van der Waals surface area contributed by atoms with Crippen LogP contribution in [0.3, 0.4) is 0 Å². The van der Waals surface area contributed by atoms with Gasteiger partial charge >= 0.3 is 5.97 Å². The summed E-state index contributed by atoms with van der Waals surface area (Å²) in [6.45, 7) is 4.85. The molecule has 1 aromatic heterocycles. The SMILES string of the molecule is CCC(C)Cc1nnnn1CCCC(=O)O. The first-order valence-electron chi connectivity index (χ1n) is 5.60. The van der Waals surface area contributed by atoms with Gasteiger partial charge in [-0.3, -0.25) is 4.79 Å². The summed E-state index contributed by atoms with van der Waals surface area (Å²) in [6, 6.07) is 0. The van der Waals surface area contributed by atoms with Gasteiger partial charge in [-0.15, -0.1) is 5.10 Å². The molecule has 0 spiro atoms. The number of carbonyl (C=O) groups is 1. The minimum absolute atomic E-state index is 0.155. The molecule has 0 fully saturated rings. The van der Waals surface area contributed by atoms with E-state index in [2.05, 4.69) is 29.4 Å². The Kier molecular flexibility index (Phi) is 4.88. The van der Waals surface area contributed by atoms with Crippen molar-refractivity contribution < 1.29 is 9.90 Å². The quantitative estimate of drug-likeness (QED) is 0.753. The third-order valence-electron chi connectivity index (χ3n) is 2.59. The van der Waals surface area contributed by atoms with Gasteiger partial charge in [0.05, 0.1) is 0 Å². The van der Waals surface area contributed by atoms with E-state index in [0.29, 0.717) is 18.9 Å². The van der Waals surface area contributed by atoms with E-state index in [1.165, 1.54) is 0 Å². The Morgan fingerprint density at radius 3 is 2.94 bits per heavy atom. The molecular weight excluding hydrogens is 208 g/mol. The lowest BCUT2D eigenvalue weighted by molar-refractivity contribution is -0.137. The van der Waals surface area contributed by atoms with E-state index in [-0.39, 0.29) is 6.42 Å². The molecule has 6 nitrogen and oxygen atoms in total. The van der Waals surface area contributed by atoms with Gasteiger partial charge < -0.3 is 5.11 Å². The molecule has 1 atom stereocenters. The minimum Gasteiger partial charge on any atom is -0.481 e. The summed E-state index contributed by atoms with van der Waals surface area (Å²) in [7, 11) is 0. The van der Waals surface area contributed by atoms with Crippen LogP contribution in [0.2, 0.25) is 0 Å². The summed E-state index contributed by atoms with van der Waals surface area (Å²) in [4.78, 5) is 10.4. The molecule has 1 unspecified atom stereocenters. The first kappa shape index (κ1) is 12.6. The summed E-state index contributed by atoms with van der Waals surface area (Å²) in [6.07, 6.45) is 2.65. The predicted octanol–water partition coefficient (Wildman–Crippen LogP) is 1.13. The Hall–Kier alpha value is -1.46. The van der Waals surface area contributed by atoms with Crippen LogP contribution < -0.4 is 0 Å². The van der Waals surface area contributed by atoms with Crippen molar-refractivity contribution in [3.05, 3.63) is 5.82 Å². The van der Waals surface area contributed by atoms with E-state index in [1.54, 1.807) is 4.68 Å². The maximum absolute atomic E-state index is 10.4. The fourth-order valence-electron chi connectivity index (χ4n) is 1.38. The monoisotopic (exact) mass is 226 g/mol. The number of hydrogen-bond donors (Lipinski definition) is 1. The number of tetrazole rings is 1. The van der Waals surface area contributed by atoms with Crippen molar-refractivity contribution in [1.29, 1.82) is 0 Å². The Morgan fingerprint density at radius 2 is 2.31 bits per heavy atom. The van der Waals surface area contributed by atoms with E-state index in [4.69, 9.17) is 5.11 Å². The number of aromatic nitrogens is 4. The molecule has 90 valence electrons. The number of aliphatic carboxylic acids is 1. The van der Waals surface area contributed by atoms with Gasteiger partial charge in [0.25, 0.3) is 0 Å². The highest BCUT2D eigenvalue weighted by molar-refractivity contribution is 5.66. The molecule has 0 aliphatic rings. The van der Waals surface area contributed by atoms with E-state index < -0.39 is 5.97 Å². The molecule has 0 aromatic carbocycles. The third kappa shape index (κ3) is 3.96. The number of hydrogen-bond acceptors (Lipinski definition) is 4. The second-order valence-electron chi connectivity index (χ2n) is 4.03. The predicted molar refractivity (Wildman–Crippen MR) is 57.8 cm³/mol. The van der Waals surface area contributed by atoms with Crippen molar-refractivity contribution in [3.8, 4) is 0 Å². The highest BCUT2D eigenvalue weighted by Crippen LogP contribution is 2.08. The smallest absolute Gasteiger partial charge is 0.303 e. The molecule has 1 heterocycles. The normalized spacial score (nSPS) is 12.6. The lowest BCUT2D eigenvalue weighted by atomic mass is 10.1. The second-order valence-corrected chi connectivity index (χ2v) is 4.03. The molecule has 0 radical (unpaired) electrons. The van der Waals surface area contributed by atoms with Crippen LogP contribution in [-0.4, -0.2) is 31.3 Å². The van der Waals surface area contributed by atoms with Gasteiger partial charge in [0.2, 0.25) is 0 Å². The summed E-state index contributed by atoms with van der Waals surface area (Å²) in [5, 5.41) is 20.0. The van der Waals surface area contributed by atoms with Crippen LogP contribution in [0.5, 0.6) is 0 Å². The van der Waals surface area contributed by atoms with Gasteiger partial charge in [-0.25, -0.2) is 4.68 Å². The zero-order valence-electron chi connectivity index (χ0n) is 9.76. The zero-order chi connectivity index (χ0) is 12.0. The van der Waals surface area contributed by atoms with Gasteiger partial charge in [-0.2, -0.15) is 0 Å². The molecule has 0 amide bonds. The van der Waals surface area contributed by atoms with Crippen molar-refractivity contribution >= 4 is 5.97 Å². The van der Waals surface area contributed by atoms with Crippen LogP contribution in [0.4, 0.5) is 0 Å². The zero-order valence-corrected chi connectivity index (χ0v) is 9.76. The lowest BCUT2D eigenvalue weighted by Crippen LogP contribution is -2.10. The summed E-state index contributed by atoms with van der Waals surface area (Å²) >= 11 is 0. The molecule has 0 saturated heterocycles. The number of carboxylic acid groups (broad SMARTS) is 1. The molecule has 1 rings (SSSR count). The van der Waals surface area contributed by atoms with Crippen molar-refractivity contribution in [2.45, 2.75) is 46.1 Å². The average Bonchev–Trinajstić information content (AvgIpc) is 2.65. The van der Waals surface area contributed by atoms with Gasteiger partial charge in [-0.1, -0.05) is 20.3 Å². The van der Waals surface area contributed by atoms with Gasteiger partial charge in [-0.05, 0) is 22.8 Å². The Bertz CT molecular complexity index is 337. The van der Waals surface area contributed by atoms with E-state index >= 15 is 0 Å². The molecule has 0 saturated carbocycles. The van der Waals surface area contributed by atoms with Crippen LogP contribution in [0, 0.1) is 5.92 Å². The summed E-state index contributed by atoms with van der Waals surface area (Å²) in [5.41, 5.74) is 0. The van der Waals surface area contributed by atoms with Gasteiger partial charge in [0.1, 0.15) is 0 Å². The number of nitrogens with zero attached hydrogens (tertiary/aromatic N) is 4. The lowest BCUT2D eigenvalue weighted by Gasteiger charge is -2.07. The fourth-order valence-corrected chi connectivity index (χ4v) is 1.38. The van der Waals surface area contributed by atoms with Crippen molar-refractivity contribution in [1.82, 2.24) is 20.2 Å². The first-order chi connectivity index (χ1) is 7.63. The van der Waals surface area contributed by atoms with E-state index in [1.807, 2.05) is 0 Å². The van der Waals surface area contributed by atoms with Gasteiger partial charge in [0.15, 0.2) is 5.82 Å². The number of aryl methyl sites for hydroxylation is 1. The van der Waals surface area contributed by atoms with Crippen LogP contribution in [-0.2, 0) is 17.8 Å². The van der Waals surface area contributed by atoms with Crippen LogP contribution in [0.25, 0.3) is 0 Å². The Labute approximate surface area is 94.7 Å². The number of carboxylic acids is 1. The highest BCUT2D eigenvalue weighted by Gasteiger charge is 2.09. The molecule has 0 bridgehead atoms. The largest absolute Gasteiger partial charge is 0.481 e. The topological polar surface area (TPSA) is 80.9 Å². The highest BCUT2D eigenvalue weighted by atomic mass is 16.4. The Morgan fingerprint density at radius 1 is 1.56 bits per heavy atom. The standard InChI is InChI=1S/C10H18N4O2/c1-3-8(2)7-9-11-12-13-14(9)6-4-5-10(15)16/h8H,3-7H2,1-2H3,(H,15,16). The maximum Gasteiger partial charge on any atom is 0.303 e. The molecule has 16 heavy (non-hydrogen) atoms. The molecular formula is C10H18N4O2. The second kappa shape index (κ2) is 6.19. The van der Waals surface area contributed by atoms with Crippen molar-refractivity contribution in [2.75, 3.05) is 0 Å².